The Kier molecular flexibility index (Phi) is 9.39. The number of amides is 3. The summed E-state index contributed by atoms with van der Waals surface area (Å²) >= 11 is 1.35. The van der Waals surface area contributed by atoms with Crippen LogP contribution >= 0.6 is 11.8 Å². The van der Waals surface area contributed by atoms with Crippen molar-refractivity contribution in [2.45, 2.75) is 42.1 Å². The number of fused-ring (bicyclic) bond motifs is 1. The number of hydrogen-bond donors (Lipinski definition) is 4. The number of carboxylic acids is 1. The van der Waals surface area contributed by atoms with Crippen LogP contribution in [0.5, 0.6) is 5.75 Å². The summed E-state index contributed by atoms with van der Waals surface area (Å²) in [4.78, 5) is 48.3. The van der Waals surface area contributed by atoms with Gasteiger partial charge in [-0.1, -0.05) is 12.1 Å². The van der Waals surface area contributed by atoms with E-state index in [1.807, 2.05) is 0 Å². The molecule has 0 bridgehead atoms. The quantitative estimate of drug-likeness (QED) is 0.249. The van der Waals surface area contributed by atoms with Gasteiger partial charge in [0.1, 0.15) is 29.2 Å². The second-order valence-corrected chi connectivity index (χ2v) is 9.49. The van der Waals surface area contributed by atoms with E-state index in [4.69, 9.17) is 5.73 Å². The Morgan fingerprint density at radius 2 is 1.81 bits per heavy atom. The van der Waals surface area contributed by atoms with E-state index in [2.05, 4.69) is 5.32 Å². The molecule has 10 nitrogen and oxygen atoms in total. The van der Waals surface area contributed by atoms with Crippen LogP contribution in [0.3, 0.4) is 0 Å². The monoisotopic (exact) mass is 462 g/mol. The van der Waals surface area contributed by atoms with Gasteiger partial charge < -0.3 is 31.1 Å². The maximum atomic E-state index is 12.3. The van der Waals surface area contributed by atoms with Crippen LogP contribution in [-0.2, 0) is 19.2 Å². The van der Waals surface area contributed by atoms with E-state index in [0.29, 0.717) is 5.56 Å². The molecule has 2 aliphatic heterocycles. The third-order valence-electron chi connectivity index (χ3n) is 4.72. The number of aliphatic carboxylic acids is 1. The predicted octanol–water partition coefficient (Wildman–Crippen LogP) is -0.920. The Morgan fingerprint density at radius 1 is 1.29 bits per heavy atom. The Morgan fingerprint density at radius 3 is 2.26 bits per heavy atom. The molecule has 2 fully saturated rings. The average Bonchev–Trinajstić information content (AvgIpc) is 2.94. The number of aromatic hydroxyl groups is 1. The van der Waals surface area contributed by atoms with E-state index in [9.17, 15) is 29.4 Å². The first-order valence-corrected chi connectivity index (χ1v) is 9.98. The average molecular weight is 463 g/mol. The maximum absolute atomic E-state index is 12.3. The van der Waals surface area contributed by atoms with Crippen molar-refractivity contribution in [2.75, 3.05) is 14.1 Å². The van der Waals surface area contributed by atoms with Crippen LogP contribution in [0.2, 0.25) is 0 Å². The molecule has 2 heterocycles. The van der Waals surface area contributed by atoms with Crippen molar-refractivity contribution in [1.82, 2.24) is 15.1 Å². The summed E-state index contributed by atoms with van der Waals surface area (Å²) in [5, 5.41) is 20.9. The minimum atomic E-state index is -1.06. The molecule has 5 N–H and O–H groups in total. The molecule has 0 radical (unpaired) electrons. The number of nitrogens with two attached hydrogens (primary N) is 1. The van der Waals surface area contributed by atoms with Crippen molar-refractivity contribution in [3.8, 4) is 5.75 Å². The number of nitrogens with zero attached hydrogens (tertiary/aromatic N) is 2. The molecule has 0 unspecified atom stereocenters. The number of phenolic OH excluding ortho intramolecular Hbond substituents is 1. The summed E-state index contributed by atoms with van der Waals surface area (Å²) < 4.78 is -0.648. The first-order valence-electron chi connectivity index (χ1n) is 9.10. The third kappa shape index (κ3) is 5.92. The Bertz CT molecular complexity index is 835. The molecular weight excluding hydrogens is 435 g/mol. The van der Waals surface area contributed by atoms with Crippen LogP contribution in [0.4, 0.5) is 0 Å². The van der Waals surface area contributed by atoms with Gasteiger partial charge in [0, 0.05) is 18.8 Å². The molecule has 4 atom stereocenters. The fourth-order valence-electron chi connectivity index (χ4n) is 3.22. The van der Waals surface area contributed by atoms with E-state index >= 15 is 0 Å². The first kappa shape index (κ1) is 27.2. The van der Waals surface area contributed by atoms with Gasteiger partial charge in [0.15, 0.2) is 0 Å². The first-order chi connectivity index (χ1) is 13.9. The zero-order valence-corrected chi connectivity index (χ0v) is 17.9. The molecule has 0 aliphatic carbocycles. The number of carboxylic acid groups (broad SMARTS) is 1. The van der Waals surface area contributed by atoms with E-state index < -0.39 is 46.0 Å². The number of rotatable bonds is 5. The van der Waals surface area contributed by atoms with Crippen molar-refractivity contribution < 1.29 is 29.4 Å². The van der Waals surface area contributed by atoms with E-state index in [-0.39, 0.29) is 35.3 Å². The van der Waals surface area contributed by atoms with Gasteiger partial charge in [-0.05, 0) is 31.5 Å². The van der Waals surface area contributed by atoms with Crippen molar-refractivity contribution in [3.05, 3.63) is 29.8 Å². The van der Waals surface area contributed by atoms with E-state index in [0.717, 1.165) is 6.41 Å². The van der Waals surface area contributed by atoms with Crippen LogP contribution in [0, 0.1) is 0 Å². The number of hydrogen-bond acceptors (Lipinski definition) is 7. The molecule has 1 aromatic rings. The standard InChI is InChI=1S/C16H19N3O5S.C3H7NO.Na.H/c1-16(2)11(15(23)24)19-13(22)10(14(19)25-16)18-12(21)9(17)7-3-5-8(20)6-4-7;1-4(2)3-5;;/h3-6,9-11,14,20H,17H2,1-2H3,(H,18,21)(H,23,24);3H,1-2H3;;/t9-,10-,11+,14-;;;/m1.../s1. The van der Waals surface area contributed by atoms with Gasteiger partial charge in [-0.15, -0.1) is 11.8 Å². The molecule has 0 spiro atoms. The van der Waals surface area contributed by atoms with E-state index in [1.54, 1.807) is 27.9 Å². The van der Waals surface area contributed by atoms with Gasteiger partial charge in [0.2, 0.25) is 18.2 Å². The molecule has 166 valence electrons. The molecule has 31 heavy (non-hydrogen) atoms. The van der Waals surface area contributed by atoms with Crippen LogP contribution < -0.4 is 11.1 Å². The molecule has 12 heteroatoms. The summed E-state index contributed by atoms with van der Waals surface area (Å²) in [6.07, 6.45) is 0.750. The van der Waals surface area contributed by atoms with Crippen LogP contribution in [0.25, 0.3) is 0 Å². The summed E-state index contributed by atoms with van der Waals surface area (Å²) in [7, 11) is 3.38. The fourth-order valence-corrected chi connectivity index (χ4v) is 4.85. The number of phenols is 1. The summed E-state index contributed by atoms with van der Waals surface area (Å²) in [5.74, 6) is -1.94. The second-order valence-electron chi connectivity index (χ2n) is 7.72. The SMILES string of the molecule is CC1(C)S[C@@H]2[C@H](NC(=O)[C@H](N)c3ccc(O)cc3)C(=O)N2[C@H]1C(=O)O.CN(C)C=O.[NaH]. The zero-order chi connectivity index (χ0) is 22.8. The molecule has 3 rings (SSSR count). The zero-order valence-electron chi connectivity index (χ0n) is 17.1. The molecular formula is C19H27N4NaO6S. The van der Waals surface area contributed by atoms with Gasteiger partial charge in [0.05, 0.1) is 0 Å². The summed E-state index contributed by atoms with van der Waals surface area (Å²) in [6.45, 7) is 3.53. The van der Waals surface area contributed by atoms with Gasteiger partial charge >= 0.3 is 35.5 Å². The number of nitrogens with one attached hydrogen (secondary N) is 1. The van der Waals surface area contributed by atoms with Crippen LogP contribution in [-0.4, -0.2) is 110 Å². The van der Waals surface area contributed by atoms with Gasteiger partial charge in [-0.25, -0.2) is 4.79 Å². The molecule has 3 amide bonds. The van der Waals surface area contributed by atoms with Crippen LogP contribution in [0.1, 0.15) is 25.5 Å². The van der Waals surface area contributed by atoms with Crippen molar-refractivity contribution in [3.63, 3.8) is 0 Å². The Balaban J connectivity index is 0.000000721. The van der Waals surface area contributed by atoms with Gasteiger partial charge in [0.25, 0.3) is 0 Å². The molecule has 2 saturated heterocycles. The second kappa shape index (κ2) is 10.7. The molecule has 1 aromatic carbocycles. The van der Waals surface area contributed by atoms with Crippen LogP contribution in [0.15, 0.2) is 24.3 Å². The van der Waals surface area contributed by atoms with Crippen molar-refractivity contribution >= 4 is 65.5 Å². The number of carbonyl (C=O) groups excluding carboxylic acids is 3. The topological polar surface area (TPSA) is 153 Å². The summed E-state index contributed by atoms with van der Waals surface area (Å²) in [5.41, 5.74) is 6.41. The summed E-state index contributed by atoms with van der Waals surface area (Å²) in [6, 6.07) is 3.21. The number of carbonyl (C=O) groups is 4. The van der Waals surface area contributed by atoms with Gasteiger partial charge in [-0.2, -0.15) is 0 Å². The van der Waals surface area contributed by atoms with Crippen molar-refractivity contribution in [2.24, 2.45) is 5.73 Å². The predicted molar refractivity (Wildman–Crippen MR) is 118 cm³/mol. The Hall–Kier alpha value is -1.79. The molecule has 2 aliphatic rings. The number of β-lactam (4-membered cyclic amide) rings is 1. The minimum absolute atomic E-state index is 0. The fraction of sp³-hybridized carbons (Fsp3) is 0.474. The van der Waals surface area contributed by atoms with Crippen molar-refractivity contribution in [1.29, 1.82) is 0 Å². The number of benzene rings is 1. The third-order valence-corrected chi connectivity index (χ3v) is 6.29. The van der Waals surface area contributed by atoms with E-state index in [1.165, 1.54) is 45.8 Å². The van der Waals surface area contributed by atoms with Gasteiger partial charge in [-0.3, -0.25) is 14.4 Å². The number of thioether (sulfide) groups is 1. The normalized spacial score (nSPS) is 23.7. The molecule has 0 aromatic heterocycles. The molecule has 0 saturated carbocycles. The Labute approximate surface area is 206 Å².